The van der Waals surface area contributed by atoms with Gasteiger partial charge in [-0.1, -0.05) is 30.3 Å². The number of benzene rings is 1. The highest BCUT2D eigenvalue weighted by atomic mass is 16.1. The Balaban J connectivity index is 1.95. The summed E-state index contributed by atoms with van der Waals surface area (Å²) in [4.78, 5) is 16.9. The maximum absolute atomic E-state index is 12.4. The third-order valence-corrected chi connectivity index (χ3v) is 3.74. The first kappa shape index (κ1) is 14.0. The van der Waals surface area contributed by atoms with Crippen molar-refractivity contribution in [2.45, 2.75) is 19.9 Å². The summed E-state index contributed by atoms with van der Waals surface area (Å²) in [5.41, 5.74) is 3.43. The first-order chi connectivity index (χ1) is 10.7. The number of nitrogens with zero attached hydrogens (tertiary/aromatic N) is 3. The van der Waals surface area contributed by atoms with E-state index in [0.717, 1.165) is 22.6 Å². The molecule has 4 nitrogen and oxygen atoms in total. The molecule has 1 aromatic rings. The van der Waals surface area contributed by atoms with Crippen LogP contribution in [0.2, 0.25) is 0 Å². The molecule has 2 aliphatic rings. The van der Waals surface area contributed by atoms with E-state index in [-0.39, 0.29) is 12.3 Å². The van der Waals surface area contributed by atoms with Gasteiger partial charge in [-0.15, -0.1) is 0 Å². The first-order valence-corrected chi connectivity index (χ1v) is 7.10. The van der Waals surface area contributed by atoms with Crippen LogP contribution in [0.4, 0.5) is 0 Å². The van der Waals surface area contributed by atoms with Gasteiger partial charge in [-0.2, -0.15) is 5.26 Å². The third-order valence-electron chi connectivity index (χ3n) is 3.74. The van der Waals surface area contributed by atoms with Crippen molar-refractivity contribution in [2.24, 2.45) is 0 Å². The molecule has 3 rings (SSSR count). The fraction of sp³-hybridized carbons (Fsp3) is 0.167. The van der Waals surface area contributed by atoms with Crippen molar-refractivity contribution in [1.82, 2.24) is 9.55 Å². The minimum absolute atomic E-state index is 0.0422. The normalized spacial score (nSPS) is 10.5. The van der Waals surface area contributed by atoms with E-state index in [9.17, 15) is 4.79 Å². The van der Waals surface area contributed by atoms with E-state index in [4.69, 9.17) is 5.26 Å². The van der Waals surface area contributed by atoms with E-state index >= 15 is 0 Å². The van der Waals surface area contributed by atoms with Crippen molar-refractivity contribution in [3.8, 4) is 17.5 Å². The number of aromatic nitrogens is 2. The number of ketones is 1. The van der Waals surface area contributed by atoms with E-state index < -0.39 is 0 Å². The maximum Gasteiger partial charge on any atom is 0.182 e. The molecule has 0 saturated carbocycles. The van der Waals surface area contributed by atoms with E-state index in [1.807, 2.05) is 60.2 Å². The number of hydrogen-bond acceptors (Lipinski definition) is 3. The first-order valence-electron chi connectivity index (χ1n) is 7.10. The summed E-state index contributed by atoms with van der Waals surface area (Å²) in [6, 6.07) is 15.2. The van der Waals surface area contributed by atoms with Crippen LogP contribution in [0.1, 0.15) is 21.6 Å². The Bertz CT molecular complexity index is 827. The number of carbonyl (C=O) groups is 1. The lowest BCUT2D eigenvalue weighted by Gasteiger charge is -2.11. The number of aryl methyl sites for hydroxylation is 1. The molecule has 2 heterocycles. The molecule has 0 spiro atoms. The fourth-order valence-electron chi connectivity index (χ4n) is 2.62. The Morgan fingerprint density at radius 2 is 2.00 bits per heavy atom. The average molecular weight is 289 g/mol. The van der Waals surface area contributed by atoms with E-state index in [2.05, 4.69) is 11.1 Å². The molecular weight excluding hydrogens is 274 g/mol. The van der Waals surface area contributed by atoms with Crippen LogP contribution in [0.3, 0.4) is 0 Å². The molecule has 0 N–H and O–H groups in total. The van der Waals surface area contributed by atoms with E-state index in [1.165, 1.54) is 0 Å². The number of hydrogen-bond donors (Lipinski definition) is 0. The van der Waals surface area contributed by atoms with Crippen LogP contribution < -0.4 is 0 Å². The summed E-state index contributed by atoms with van der Waals surface area (Å²) < 4.78 is 1.85. The zero-order chi connectivity index (χ0) is 15.5. The third kappa shape index (κ3) is 2.49. The Kier molecular flexibility index (Phi) is 3.71. The predicted octanol–water partition coefficient (Wildman–Crippen LogP) is 3.25. The van der Waals surface area contributed by atoms with Crippen molar-refractivity contribution in [1.29, 1.82) is 5.26 Å². The summed E-state index contributed by atoms with van der Waals surface area (Å²) in [6.07, 6.45) is 2.19. The second-order valence-electron chi connectivity index (χ2n) is 5.17. The number of carbonyl (C=O) groups excluding carboxylic acids is 1. The number of rotatable bonds is 4. The molecule has 0 aliphatic carbocycles. The van der Waals surface area contributed by atoms with Gasteiger partial charge in [-0.25, -0.2) is 4.98 Å². The zero-order valence-electron chi connectivity index (χ0n) is 12.3. The van der Waals surface area contributed by atoms with E-state index in [0.29, 0.717) is 12.0 Å². The van der Waals surface area contributed by atoms with Crippen molar-refractivity contribution in [3.63, 3.8) is 0 Å². The van der Waals surface area contributed by atoms with Gasteiger partial charge in [0.15, 0.2) is 5.78 Å². The van der Waals surface area contributed by atoms with Gasteiger partial charge in [0.2, 0.25) is 0 Å². The molecule has 2 aliphatic heterocycles. The molecule has 4 heteroatoms. The van der Waals surface area contributed by atoms with E-state index in [1.54, 1.807) is 0 Å². The second kappa shape index (κ2) is 5.82. The number of pyridine rings is 1. The van der Waals surface area contributed by atoms with Gasteiger partial charge >= 0.3 is 0 Å². The second-order valence-corrected chi connectivity index (χ2v) is 5.17. The molecule has 0 bridgehead atoms. The fourth-order valence-corrected chi connectivity index (χ4v) is 2.62. The van der Waals surface area contributed by atoms with Crippen molar-refractivity contribution in [2.75, 3.05) is 0 Å². The lowest BCUT2D eigenvalue weighted by Crippen LogP contribution is -2.12. The summed E-state index contributed by atoms with van der Waals surface area (Å²) >= 11 is 0. The highest BCUT2D eigenvalue weighted by molar-refractivity contribution is 5.96. The van der Waals surface area contributed by atoms with Gasteiger partial charge in [0, 0.05) is 23.0 Å². The molecule has 1 aromatic carbocycles. The largest absolute Gasteiger partial charge is 0.325 e. The quantitative estimate of drug-likeness (QED) is 0.693. The topological polar surface area (TPSA) is 58.7 Å². The van der Waals surface area contributed by atoms with Crippen molar-refractivity contribution in [3.05, 3.63) is 65.5 Å². The van der Waals surface area contributed by atoms with Crippen LogP contribution in [0.15, 0.2) is 48.7 Å². The molecular formula is C18H15N3O. The summed E-state index contributed by atoms with van der Waals surface area (Å²) in [6.45, 7) is 2.14. The molecule has 0 radical (unpaired) electrons. The molecule has 108 valence electrons. The number of nitriles is 1. The van der Waals surface area contributed by atoms with Crippen LogP contribution in [0.25, 0.3) is 11.4 Å². The van der Waals surface area contributed by atoms with Crippen LogP contribution in [0, 0.1) is 18.3 Å². The maximum atomic E-state index is 12.4. The van der Waals surface area contributed by atoms with Crippen LogP contribution in [-0.2, 0) is 13.0 Å². The van der Waals surface area contributed by atoms with Gasteiger partial charge in [0.25, 0.3) is 0 Å². The van der Waals surface area contributed by atoms with Gasteiger partial charge in [0.1, 0.15) is 5.82 Å². The number of fused-ring (bicyclic) bond motifs is 1. The lowest BCUT2D eigenvalue weighted by atomic mass is 10.1. The molecule has 22 heavy (non-hydrogen) atoms. The summed E-state index contributed by atoms with van der Waals surface area (Å²) in [5, 5.41) is 8.95. The molecule has 0 fully saturated rings. The Morgan fingerprint density at radius 3 is 2.73 bits per heavy atom. The molecule has 0 saturated heterocycles. The predicted molar refractivity (Wildman–Crippen MR) is 83.7 cm³/mol. The smallest absolute Gasteiger partial charge is 0.182 e. The van der Waals surface area contributed by atoms with Crippen molar-refractivity contribution < 1.29 is 4.79 Å². The van der Waals surface area contributed by atoms with Gasteiger partial charge in [-0.3, -0.25) is 4.79 Å². The SMILES string of the molecule is Cc1nc2n(CC(=O)c3ccccc3)cccc-2c1CC#N. The highest BCUT2D eigenvalue weighted by Crippen LogP contribution is 2.28. The Labute approximate surface area is 129 Å². The van der Waals surface area contributed by atoms with Crippen LogP contribution in [-0.4, -0.2) is 15.3 Å². The van der Waals surface area contributed by atoms with Crippen molar-refractivity contribution >= 4 is 5.78 Å². The highest BCUT2D eigenvalue weighted by Gasteiger charge is 2.18. The van der Waals surface area contributed by atoms with Crippen LogP contribution in [0.5, 0.6) is 0 Å². The van der Waals surface area contributed by atoms with Gasteiger partial charge in [0.05, 0.1) is 19.0 Å². The van der Waals surface area contributed by atoms with Crippen LogP contribution >= 0.6 is 0 Å². The Morgan fingerprint density at radius 1 is 1.23 bits per heavy atom. The van der Waals surface area contributed by atoms with Gasteiger partial charge < -0.3 is 4.57 Å². The monoisotopic (exact) mass is 289 g/mol. The minimum Gasteiger partial charge on any atom is -0.325 e. The minimum atomic E-state index is 0.0422. The standard InChI is InChI=1S/C18H15N3O/c1-13-15(9-10-19)16-8-5-11-21(18(16)20-13)12-17(22)14-6-3-2-4-7-14/h2-8,11H,9,12H2,1H3. The molecule has 0 unspecified atom stereocenters. The zero-order valence-corrected chi connectivity index (χ0v) is 12.3. The Hall–Kier alpha value is -2.93. The molecule has 0 aromatic heterocycles. The molecule has 0 amide bonds. The number of Topliss-reactive ketones (excluding diaryl/α,β-unsaturated/α-hetero) is 1. The van der Waals surface area contributed by atoms with Gasteiger partial charge in [-0.05, 0) is 24.6 Å². The lowest BCUT2D eigenvalue weighted by molar-refractivity contribution is 0.0972. The summed E-state index contributed by atoms with van der Waals surface area (Å²) in [5.74, 6) is 0.801. The average Bonchev–Trinajstić information content (AvgIpc) is 2.86. The summed E-state index contributed by atoms with van der Waals surface area (Å²) in [7, 11) is 0. The molecule has 0 atom stereocenters.